The molecule has 4 heteroatoms. The van der Waals surface area contributed by atoms with E-state index in [2.05, 4.69) is 4.74 Å². The number of ether oxygens (including phenoxy) is 1. The van der Waals surface area contributed by atoms with Crippen LogP contribution in [0.15, 0.2) is 0 Å². The van der Waals surface area contributed by atoms with Crippen molar-refractivity contribution in [2.24, 2.45) is 5.92 Å². The first-order valence-electron chi connectivity index (χ1n) is 5.41. The van der Waals surface area contributed by atoms with Gasteiger partial charge in [-0.2, -0.15) is 0 Å². The van der Waals surface area contributed by atoms with Crippen molar-refractivity contribution in [1.29, 1.82) is 0 Å². The summed E-state index contributed by atoms with van der Waals surface area (Å²) in [4.78, 5) is 21.6. The summed E-state index contributed by atoms with van der Waals surface area (Å²) in [5.41, 5.74) is 0. The van der Waals surface area contributed by atoms with Crippen molar-refractivity contribution in [1.82, 2.24) is 0 Å². The number of carboxylic acids is 1. The number of aliphatic carboxylic acids is 1. The highest BCUT2D eigenvalue weighted by Crippen LogP contribution is 2.16. The van der Waals surface area contributed by atoms with E-state index in [9.17, 15) is 9.59 Å². The molecule has 0 aromatic heterocycles. The van der Waals surface area contributed by atoms with E-state index < -0.39 is 5.97 Å². The van der Waals surface area contributed by atoms with Crippen LogP contribution in [-0.2, 0) is 14.3 Å². The average Bonchev–Trinajstić information content (AvgIpc) is 2.22. The molecule has 0 aromatic carbocycles. The minimum absolute atomic E-state index is 0.269. The van der Waals surface area contributed by atoms with Gasteiger partial charge in [0.05, 0.1) is 13.0 Å². The van der Waals surface area contributed by atoms with Crippen LogP contribution in [0.2, 0.25) is 0 Å². The smallest absolute Gasteiger partial charge is 0.306 e. The molecular weight excluding hydrogens is 196 g/mol. The summed E-state index contributed by atoms with van der Waals surface area (Å²) in [7, 11) is 1.34. The number of carbonyl (C=O) groups is 2. The Balaban J connectivity index is 3.75. The molecule has 1 unspecified atom stereocenters. The van der Waals surface area contributed by atoms with Gasteiger partial charge < -0.3 is 9.84 Å². The molecule has 0 aromatic rings. The van der Waals surface area contributed by atoms with Crippen molar-refractivity contribution in [3.05, 3.63) is 0 Å². The van der Waals surface area contributed by atoms with E-state index in [1.54, 1.807) is 0 Å². The van der Waals surface area contributed by atoms with Crippen LogP contribution in [-0.4, -0.2) is 24.2 Å². The van der Waals surface area contributed by atoms with Gasteiger partial charge in [0.25, 0.3) is 0 Å². The summed E-state index contributed by atoms with van der Waals surface area (Å²) in [6, 6.07) is 0. The van der Waals surface area contributed by atoms with Crippen molar-refractivity contribution in [3.8, 4) is 0 Å². The van der Waals surface area contributed by atoms with E-state index in [0.717, 1.165) is 12.8 Å². The number of carbonyl (C=O) groups excluding carboxylic acids is 1. The van der Waals surface area contributed by atoms with Crippen molar-refractivity contribution in [3.63, 3.8) is 0 Å². The van der Waals surface area contributed by atoms with Gasteiger partial charge in [0.2, 0.25) is 0 Å². The number of hydrogen-bond donors (Lipinski definition) is 1. The Morgan fingerprint density at radius 1 is 1.27 bits per heavy atom. The van der Waals surface area contributed by atoms with Gasteiger partial charge in [-0.25, -0.2) is 0 Å². The standard InChI is InChI=1S/C11H20O4/c1-3-4-6-9(11(13)14)7-5-8-10(12)15-2/h9H,3-8H2,1-2H3,(H,13,14). The summed E-state index contributed by atoms with van der Waals surface area (Å²) in [6.07, 6.45) is 4.09. The van der Waals surface area contributed by atoms with Gasteiger partial charge in [-0.15, -0.1) is 0 Å². The summed E-state index contributed by atoms with van der Waals surface area (Å²) in [5.74, 6) is -1.34. The first kappa shape index (κ1) is 13.9. The molecule has 0 spiro atoms. The van der Waals surface area contributed by atoms with E-state index >= 15 is 0 Å². The Hall–Kier alpha value is -1.06. The Kier molecular flexibility index (Phi) is 7.68. The maximum absolute atomic E-state index is 10.8. The molecule has 4 nitrogen and oxygen atoms in total. The normalized spacial score (nSPS) is 12.1. The lowest BCUT2D eigenvalue weighted by Crippen LogP contribution is -2.14. The molecule has 0 bridgehead atoms. The number of hydrogen-bond acceptors (Lipinski definition) is 3. The monoisotopic (exact) mass is 216 g/mol. The molecule has 1 atom stereocenters. The quantitative estimate of drug-likeness (QED) is 0.632. The van der Waals surface area contributed by atoms with E-state index in [4.69, 9.17) is 5.11 Å². The predicted molar refractivity (Wildman–Crippen MR) is 56.5 cm³/mol. The number of carboxylic acid groups (broad SMARTS) is 1. The highest BCUT2D eigenvalue weighted by atomic mass is 16.5. The first-order chi connectivity index (χ1) is 7.11. The zero-order chi connectivity index (χ0) is 11.7. The average molecular weight is 216 g/mol. The van der Waals surface area contributed by atoms with Gasteiger partial charge >= 0.3 is 11.9 Å². The number of esters is 1. The second kappa shape index (κ2) is 8.26. The molecular formula is C11H20O4. The molecule has 1 N–H and O–H groups in total. The highest BCUT2D eigenvalue weighted by Gasteiger charge is 2.16. The lowest BCUT2D eigenvalue weighted by atomic mass is 9.96. The van der Waals surface area contributed by atoms with Crippen molar-refractivity contribution in [2.75, 3.05) is 7.11 Å². The van der Waals surface area contributed by atoms with Gasteiger partial charge in [0.1, 0.15) is 0 Å². The Morgan fingerprint density at radius 3 is 2.33 bits per heavy atom. The van der Waals surface area contributed by atoms with Crippen LogP contribution in [0.5, 0.6) is 0 Å². The van der Waals surface area contributed by atoms with Crippen molar-refractivity contribution < 1.29 is 19.4 Å². The second-order valence-corrected chi connectivity index (χ2v) is 3.65. The lowest BCUT2D eigenvalue weighted by Gasteiger charge is -2.10. The van der Waals surface area contributed by atoms with E-state index in [1.807, 2.05) is 6.92 Å². The fourth-order valence-electron chi connectivity index (χ4n) is 1.44. The number of methoxy groups -OCH3 is 1. The van der Waals surface area contributed by atoms with Crippen LogP contribution in [0.4, 0.5) is 0 Å². The number of unbranched alkanes of at least 4 members (excludes halogenated alkanes) is 1. The van der Waals surface area contributed by atoms with Gasteiger partial charge in [0, 0.05) is 6.42 Å². The molecule has 15 heavy (non-hydrogen) atoms. The molecule has 0 radical (unpaired) electrons. The second-order valence-electron chi connectivity index (χ2n) is 3.65. The molecule has 0 saturated heterocycles. The van der Waals surface area contributed by atoms with Crippen LogP contribution in [0, 0.1) is 5.92 Å². The predicted octanol–water partition coefficient (Wildman–Crippen LogP) is 2.22. The summed E-state index contributed by atoms with van der Waals surface area (Å²) >= 11 is 0. The van der Waals surface area contributed by atoms with E-state index in [-0.39, 0.29) is 11.9 Å². The largest absolute Gasteiger partial charge is 0.481 e. The van der Waals surface area contributed by atoms with Gasteiger partial charge in [0.15, 0.2) is 0 Å². The van der Waals surface area contributed by atoms with Gasteiger partial charge in [-0.05, 0) is 19.3 Å². The topological polar surface area (TPSA) is 63.6 Å². The Labute approximate surface area is 90.6 Å². The van der Waals surface area contributed by atoms with Crippen LogP contribution >= 0.6 is 0 Å². The Morgan fingerprint density at radius 2 is 1.87 bits per heavy atom. The molecule has 0 rings (SSSR count). The SMILES string of the molecule is CCCCC(CCCC(=O)OC)C(=O)O. The molecule has 0 saturated carbocycles. The lowest BCUT2D eigenvalue weighted by molar-refractivity contribution is -0.144. The zero-order valence-electron chi connectivity index (χ0n) is 9.49. The third-order valence-electron chi connectivity index (χ3n) is 2.42. The molecule has 0 aliphatic rings. The minimum Gasteiger partial charge on any atom is -0.481 e. The molecule has 88 valence electrons. The maximum Gasteiger partial charge on any atom is 0.306 e. The molecule has 0 fully saturated rings. The van der Waals surface area contributed by atoms with Crippen LogP contribution < -0.4 is 0 Å². The number of rotatable bonds is 8. The third-order valence-corrected chi connectivity index (χ3v) is 2.42. The third kappa shape index (κ3) is 6.94. The van der Waals surface area contributed by atoms with Crippen LogP contribution in [0.3, 0.4) is 0 Å². The van der Waals surface area contributed by atoms with E-state index in [1.165, 1.54) is 7.11 Å². The maximum atomic E-state index is 10.8. The fourth-order valence-corrected chi connectivity index (χ4v) is 1.44. The summed E-state index contributed by atoms with van der Waals surface area (Å²) < 4.78 is 4.49. The first-order valence-corrected chi connectivity index (χ1v) is 5.41. The highest BCUT2D eigenvalue weighted by molar-refractivity contribution is 5.70. The Bertz CT molecular complexity index is 201. The van der Waals surface area contributed by atoms with Gasteiger partial charge in [-0.1, -0.05) is 19.8 Å². The van der Waals surface area contributed by atoms with Crippen LogP contribution in [0.25, 0.3) is 0 Å². The minimum atomic E-state index is -0.756. The molecule has 0 aliphatic carbocycles. The van der Waals surface area contributed by atoms with Crippen molar-refractivity contribution >= 4 is 11.9 Å². The molecule has 0 aliphatic heterocycles. The van der Waals surface area contributed by atoms with Crippen molar-refractivity contribution in [2.45, 2.75) is 45.4 Å². The molecule has 0 amide bonds. The molecule has 0 heterocycles. The fraction of sp³-hybridized carbons (Fsp3) is 0.818. The summed E-state index contributed by atoms with van der Waals surface area (Å²) in [5, 5.41) is 8.91. The zero-order valence-corrected chi connectivity index (χ0v) is 9.49. The van der Waals surface area contributed by atoms with Gasteiger partial charge in [-0.3, -0.25) is 9.59 Å². The van der Waals surface area contributed by atoms with Crippen LogP contribution in [0.1, 0.15) is 45.4 Å². The van der Waals surface area contributed by atoms with E-state index in [0.29, 0.717) is 25.7 Å². The summed E-state index contributed by atoms with van der Waals surface area (Å²) in [6.45, 7) is 2.04.